The minimum Gasteiger partial charge on any atom is -0.462 e. The van der Waals surface area contributed by atoms with Crippen LogP contribution in [-0.4, -0.2) is 30.8 Å². The number of rotatable bonds is 4. The molecular formula is C14H17NO3S. The number of carbonyl (C=O) groups is 2. The first-order valence-corrected chi connectivity index (χ1v) is 6.97. The number of nitrogens with zero attached hydrogens (tertiary/aromatic N) is 1. The smallest absolute Gasteiger partial charge is 0.338 e. The van der Waals surface area contributed by atoms with Gasteiger partial charge in [0, 0.05) is 18.7 Å². The average molecular weight is 279 g/mol. The van der Waals surface area contributed by atoms with Crippen LogP contribution in [0.25, 0.3) is 0 Å². The minimum atomic E-state index is -0.359. The number of esters is 1. The highest BCUT2D eigenvalue weighted by Gasteiger charge is 2.29. The molecule has 2 rings (SSSR count). The second-order valence-electron chi connectivity index (χ2n) is 4.53. The van der Waals surface area contributed by atoms with Crippen LogP contribution in [0.5, 0.6) is 0 Å². The molecule has 1 aliphatic heterocycles. The van der Waals surface area contributed by atoms with Gasteiger partial charge < -0.3 is 9.64 Å². The lowest BCUT2D eigenvalue weighted by molar-refractivity contribution is -0.117. The third kappa shape index (κ3) is 3.10. The second-order valence-corrected chi connectivity index (χ2v) is 4.89. The molecule has 0 aromatic heterocycles. The van der Waals surface area contributed by atoms with Crippen molar-refractivity contribution in [2.24, 2.45) is 5.92 Å². The normalized spacial score (nSPS) is 18.7. The Morgan fingerprint density at radius 3 is 2.95 bits per heavy atom. The van der Waals surface area contributed by atoms with Crippen LogP contribution in [0.3, 0.4) is 0 Å². The molecule has 1 fully saturated rings. The summed E-state index contributed by atoms with van der Waals surface area (Å²) in [6, 6.07) is 7.00. The number of hydrogen-bond acceptors (Lipinski definition) is 4. The lowest BCUT2D eigenvalue weighted by Crippen LogP contribution is -2.25. The average Bonchev–Trinajstić information content (AvgIpc) is 2.80. The molecule has 0 N–H and O–H groups in total. The Morgan fingerprint density at radius 2 is 2.32 bits per heavy atom. The zero-order valence-electron chi connectivity index (χ0n) is 10.8. The molecule has 1 aromatic rings. The van der Waals surface area contributed by atoms with E-state index in [2.05, 4.69) is 12.6 Å². The van der Waals surface area contributed by atoms with Crippen molar-refractivity contribution < 1.29 is 14.3 Å². The van der Waals surface area contributed by atoms with Gasteiger partial charge in [0.25, 0.3) is 0 Å². The van der Waals surface area contributed by atoms with Crippen LogP contribution in [0.1, 0.15) is 23.7 Å². The van der Waals surface area contributed by atoms with Crippen LogP contribution in [-0.2, 0) is 9.53 Å². The molecule has 0 aliphatic carbocycles. The number of anilines is 1. The Morgan fingerprint density at radius 1 is 1.53 bits per heavy atom. The number of thiol groups is 1. The Kier molecular flexibility index (Phi) is 4.47. The summed E-state index contributed by atoms with van der Waals surface area (Å²) >= 11 is 4.24. The molecule has 1 heterocycles. The topological polar surface area (TPSA) is 46.6 Å². The van der Waals surface area contributed by atoms with Crippen LogP contribution < -0.4 is 4.90 Å². The Labute approximate surface area is 118 Å². The van der Waals surface area contributed by atoms with Crippen molar-refractivity contribution in [1.82, 2.24) is 0 Å². The van der Waals surface area contributed by atoms with Crippen molar-refractivity contribution in [2.45, 2.75) is 13.3 Å². The highest BCUT2D eigenvalue weighted by atomic mass is 32.1. The predicted molar refractivity (Wildman–Crippen MR) is 76.7 cm³/mol. The largest absolute Gasteiger partial charge is 0.462 e. The maximum Gasteiger partial charge on any atom is 0.338 e. The van der Waals surface area contributed by atoms with Gasteiger partial charge in [-0.1, -0.05) is 6.07 Å². The van der Waals surface area contributed by atoms with E-state index in [9.17, 15) is 9.59 Å². The van der Waals surface area contributed by atoms with Gasteiger partial charge in [-0.2, -0.15) is 12.6 Å². The third-order valence-electron chi connectivity index (χ3n) is 3.13. The number of carbonyl (C=O) groups excluding carboxylic acids is 2. The van der Waals surface area contributed by atoms with Gasteiger partial charge in [0.1, 0.15) is 0 Å². The molecule has 4 nitrogen and oxygen atoms in total. The van der Waals surface area contributed by atoms with Gasteiger partial charge in [-0.3, -0.25) is 4.79 Å². The summed E-state index contributed by atoms with van der Waals surface area (Å²) in [5.41, 5.74) is 1.22. The summed E-state index contributed by atoms with van der Waals surface area (Å²) in [7, 11) is 0. The fourth-order valence-electron chi connectivity index (χ4n) is 2.17. The molecule has 102 valence electrons. The van der Waals surface area contributed by atoms with Crippen LogP contribution in [0, 0.1) is 5.92 Å². The first-order valence-electron chi connectivity index (χ1n) is 6.34. The summed E-state index contributed by atoms with van der Waals surface area (Å²) in [6.07, 6.45) is 0.521. The highest BCUT2D eigenvalue weighted by Crippen LogP contribution is 2.26. The molecule has 19 heavy (non-hydrogen) atoms. The molecule has 1 unspecified atom stereocenters. The van der Waals surface area contributed by atoms with Gasteiger partial charge in [-0.05, 0) is 36.8 Å². The molecule has 1 amide bonds. The molecule has 0 bridgehead atoms. The van der Waals surface area contributed by atoms with Crippen LogP contribution >= 0.6 is 12.6 Å². The van der Waals surface area contributed by atoms with Crippen molar-refractivity contribution in [3.05, 3.63) is 29.8 Å². The zero-order chi connectivity index (χ0) is 13.8. The fraction of sp³-hybridized carbons (Fsp3) is 0.429. The molecule has 1 atom stereocenters. The van der Waals surface area contributed by atoms with E-state index in [1.54, 1.807) is 30.0 Å². The Balaban J connectivity index is 2.19. The number of ether oxygens (including phenoxy) is 1. The quantitative estimate of drug-likeness (QED) is 0.678. The fourth-order valence-corrected chi connectivity index (χ4v) is 2.41. The van der Waals surface area contributed by atoms with E-state index >= 15 is 0 Å². The maximum atomic E-state index is 11.9. The van der Waals surface area contributed by atoms with Crippen molar-refractivity contribution >= 4 is 30.2 Å². The minimum absolute atomic E-state index is 0.0834. The number of hydrogen-bond donors (Lipinski definition) is 1. The van der Waals surface area contributed by atoms with E-state index in [1.807, 2.05) is 6.07 Å². The molecular weight excluding hydrogens is 262 g/mol. The standard InChI is InChI=1S/C14H17NO3S/c1-2-18-14(17)11-4-3-5-12(7-11)15-8-10(9-19)6-13(15)16/h3-5,7,10,19H,2,6,8-9H2,1H3. The van der Waals surface area contributed by atoms with E-state index in [0.717, 1.165) is 5.69 Å². The van der Waals surface area contributed by atoms with Gasteiger partial charge in [-0.15, -0.1) is 0 Å². The van der Waals surface area contributed by atoms with Crippen molar-refractivity contribution in [3.8, 4) is 0 Å². The molecule has 1 saturated heterocycles. The summed E-state index contributed by atoms with van der Waals surface area (Å²) in [5, 5.41) is 0. The first kappa shape index (κ1) is 13.9. The number of amides is 1. The van der Waals surface area contributed by atoms with Gasteiger partial charge in [0.15, 0.2) is 0 Å². The molecule has 0 radical (unpaired) electrons. The Bertz CT molecular complexity index is 489. The molecule has 0 saturated carbocycles. The predicted octanol–water partition coefficient (Wildman–Crippen LogP) is 2.15. The van der Waals surface area contributed by atoms with Gasteiger partial charge >= 0.3 is 5.97 Å². The number of benzene rings is 1. The van der Waals surface area contributed by atoms with Crippen LogP contribution in [0.15, 0.2) is 24.3 Å². The summed E-state index contributed by atoms with van der Waals surface area (Å²) < 4.78 is 4.96. The van der Waals surface area contributed by atoms with Crippen molar-refractivity contribution in [3.63, 3.8) is 0 Å². The second kappa shape index (κ2) is 6.10. The highest BCUT2D eigenvalue weighted by molar-refractivity contribution is 7.80. The lowest BCUT2D eigenvalue weighted by Gasteiger charge is -2.17. The molecule has 0 spiro atoms. The zero-order valence-corrected chi connectivity index (χ0v) is 11.7. The SMILES string of the molecule is CCOC(=O)c1cccc(N2CC(CS)CC2=O)c1. The molecule has 1 aromatic carbocycles. The van der Waals surface area contributed by atoms with Crippen LogP contribution in [0.4, 0.5) is 5.69 Å². The monoisotopic (exact) mass is 279 g/mol. The van der Waals surface area contributed by atoms with Crippen molar-refractivity contribution in [1.29, 1.82) is 0 Å². The summed E-state index contributed by atoms with van der Waals surface area (Å²) in [6.45, 7) is 2.77. The Hall–Kier alpha value is -1.49. The van der Waals surface area contributed by atoms with Gasteiger partial charge in [0.2, 0.25) is 5.91 Å². The maximum absolute atomic E-state index is 11.9. The van der Waals surface area contributed by atoms with E-state index in [0.29, 0.717) is 30.9 Å². The first-order chi connectivity index (χ1) is 9.15. The third-order valence-corrected chi connectivity index (χ3v) is 3.65. The van der Waals surface area contributed by atoms with E-state index < -0.39 is 0 Å². The summed E-state index contributed by atoms with van der Waals surface area (Å²) in [5.74, 6) is 0.698. The molecule has 5 heteroatoms. The van der Waals surface area contributed by atoms with E-state index in [1.165, 1.54) is 0 Å². The van der Waals surface area contributed by atoms with Crippen LogP contribution in [0.2, 0.25) is 0 Å². The van der Waals surface area contributed by atoms with Gasteiger partial charge in [0.05, 0.1) is 12.2 Å². The van der Waals surface area contributed by atoms with Crippen molar-refractivity contribution in [2.75, 3.05) is 23.8 Å². The van der Waals surface area contributed by atoms with Gasteiger partial charge in [-0.25, -0.2) is 4.79 Å². The molecule has 1 aliphatic rings. The summed E-state index contributed by atoms with van der Waals surface area (Å²) in [4.78, 5) is 25.3. The van der Waals surface area contributed by atoms with E-state index in [4.69, 9.17) is 4.74 Å². The van der Waals surface area contributed by atoms with E-state index in [-0.39, 0.29) is 17.8 Å². The lowest BCUT2D eigenvalue weighted by atomic mass is 10.1.